The van der Waals surface area contributed by atoms with Crippen molar-refractivity contribution in [3.05, 3.63) is 65.2 Å². The van der Waals surface area contributed by atoms with Gasteiger partial charge in [0.2, 0.25) is 11.9 Å². The van der Waals surface area contributed by atoms with Crippen molar-refractivity contribution < 1.29 is 4.74 Å². The lowest BCUT2D eigenvalue weighted by Gasteiger charge is -2.32. The van der Waals surface area contributed by atoms with Crippen LogP contribution in [0.2, 0.25) is 0 Å². The summed E-state index contributed by atoms with van der Waals surface area (Å²) >= 11 is 0. The van der Waals surface area contributed by atoms with E-state index < -0.39 is 0 Å². The van der Waals surface area contributed by atoms with Crippen LogP contribution in [-0.4, -0.2) is 21.4 Å². The topological polar surface area (TPSA) is 78.0 Å². The normalized spacial score (nSPS) is 18.8. The number of aromatic nitrogens is 3. The third-order valence-corrected chi connectivity index (χ3v) is 4.85. The van der Waals surface area contributed by atoms with Gasteiger partial charge in [0.15, 0.2) is 0 Å². The fourth-order valence-corrected chi connectivity index (χ4v) is 3.60. The summed E-state index contributed by atoms with van der Waals surface area (Å²) in [6.07, 6.45) is 0.870. The smallest absolute Gasteiger partial charge is 0.241 e. The van der Waals surface area contributed by atoms with Crippen molar-refractivity contribution >= 4 is 11.9 Å². The van der Waals surface area contributed by atoms with E-state index in [4.69, 9.17) is 10.5 Å². The molecule has 2 atom stereocenters. The first-order valence-electron chi connectivity index (χ1n) is 8.92. The molecule has 1 aliphatic rings. The minimum absolute atomic E-state index is 0.0915. The molecule has 0 unspecified atom stereocenters. The molecule has 0 fully saturated rings. The van der Waals surface area contributed by atoms with E-state index in [0.29, 0.717) is 18.5 Å². The number of hydrogen-bond acceptors (Lipinski definition) is 5. The average molecular weight is 349 g/mol. The number of hydrogen-bond donors (Lipinski definition) is 2. The Kier molecular flexibility index (Phi) is 4.24. The number of fused-ring (bicyclic) bond motifs is 1. The van der Waals surface area contributed by atoms with Gasteiger partial charge in [-0.05, 0) is 49.1 Å². The Morgan fingerprint density at radius 2 is 1.96 bits per heavy atom. The molecule has 26 heavy (non-hydrogen) atoms. The predicted molar refractivity (Wildman–Crippen MR) is 102 cm³/mol. The molecular weight excluding hydrogens is 326 g/mol. The Balaban J connectivity index is 1.70. The number of nitrogens with one attached hydrogen (secondary N) is 1. The standard InChI is InChI=1S/C20H23N5O/c1-3-26-15-10-8-14(9-11-15)17-12-18(16-7-5-4-6-13(16)2)25-20(22-17)23-19(21)24-25/h4-11,17-18H,3,12H2,1-2H3,(H3,21,22,23,24)/t17-,18-/m1/s1. The highest BCUT2D eigenvalue weighted by Gasteiger charge is 2.31. The van der Waals surface area contributed by atoms with E-state index in [1.807, 2.05) is 23.7 Å². The van der Waals surface area contributed by atoms with Crippen LogP contribution in [0, 0.1) is 6.92 Å². The van der Waals surface area contributed by atoms with Crippen molar-refractivity contribution in [2.75, 3.05) is 17.7 Å². The number of benzene rings is 2. The summed E-state index contributed by atoms with van der Waals surface area (Å²) in [6.45, 7) is 4.78. The van der Waals surface area contributed by atoms with E-state index in [2.05, 4.69) is 58.7 Å². The van der Waals surface area contributed by atoms with E-state index in [0.717, 1.165) is 12.2 Å². The fourth-order valence-electron chi connectivity index (χ4n) is 3.60. The molecule has 6 nitrogen and oxygen atoms in total. The predicted octanol–water partition coefficient (Wildman–Crippen LogP) is 3.71. The monoisotopic (exact) mass is 349 g/mol. The minimum Gasteiger partial charge on any atom is -0.494 e. The molecule has 0 spiro atoms. The van der Waals surface area contributed by atoms with Crippen LogP contribution < -0.4 is 15.8 Å². The summed E-state index contributed by atoms with van der Waals surface area (Å²) in [5.74, 6) is 1.88. The highest BCUT2D eigenvalue weighted by Crippen LogP contribution is 2.39. The maximum absolute atomic E-state index is 5.87. The third-order valence-electron chi connectivity index (χ3n) is 4.85. The minimum atomic E-state index is 0.0915. The molecule has 134 valence electrons. The molecule has 1 aromatic heterocycles. The second kappa shape index (κ2) is 6.71. The fraction of sp³-hybridized carbons (Fsp3) is 0.300. The molecular formula is C20H23N5O. The highest BCUT2D eigenvalue weighted by atomic mass is 16.5. The molecule has 0 saturated carbocycles. The summed E-state index contributed by atoms with van der Waals surface area (Å²) in [7, 11) is 0. The SMILES string of the molecule is CCOc1ccc([C@H]2C[C@H](c3ccccc3C)n3nc(N)nc3N2)cc1. The van der Waals surface area contributed by atoms with E-state index in [9.17, 15) is 0 Å². The number of nitrogen functional groups attached to an aromatic ring is 1. The Bertz CT molecular complexity index is 903. The Hall–Kier alpha value is -3.02. The number of anilines is 2. The second-order valence-electron chi connectivity index (χ2n) is 6.55. The van der Waals surface area contributed by atoms with Crippen molar-refractivity contribution in [1.29, 1.82) is 0 Å². The molecule has 1 aliphatic heterocycles. The zero-order chi connectivity index (χ0) is 18.1. The van der Waals surface area contributed by atoms with E-state index in [1.165, 1.54) is 16.7 Å². The molecule has 0 aliphatic carbocycles. The molecule has 3 aromatic rings. The van der Waals surface area contributed by atoms with Crippen molar-refractivity contribution in [2.24, 2.45) is 0 Å². The van der Waals surface area contributed by atoms with E-state index in [-0.39, 0.29) is 12.1 Å². The summed E-state index contributed by atoms with van der Waals surface area (Å²) in [5, 5.41) is 7.89. The zero-order valence-corrected chi connectivity index (χ0v) is 15.0. The Morgan fingerprint density at radius 1 is 1.19 bits per heavy atom. The molecule has 0 radical (unpaired) electrons. The first-order valence-corrected chi connectivity index (χ1v) is 8.92. The number of rotatable bonds is 4. The maximum atomic E-state index is 5.87. The third kappa shape index (κ3) is 2.98. The molecule has 3 N–H and O–H groups in total. The van der Waals surface area contributed by atoms with Gasteiger partial charge in [-0.1, -0.05) is 36.4 Å². The van der Waals surface area contributed by atoms with Gasteiger partial charge in [0.1, 0.15) is 5.75 Å². The first kappa shape index (κ1) is 16.4. The van der Waals surface area contributed by atoms with Crippen LogP contribution in [0.25, 0.3) is 0 Å². The molecule has 6 heteroatoms. The summed E-state index contributed by atoms with van der Waals surface area (Å²) < 4.78 is 7.46. The van der Waals surface area contributed by atoms with Crippen molar-refractivity contribution in [3.63, 3.8) is 0 Å². The summed E-state index contributed by atoms with van der Waals surface area (Å²) in [6, 6.07) is 16.9. The van der Waals surface area contributed by atoms with Gasteiger partial charge in [0.25, 0.3) is 0 Å². The highest BCUT2D eigenvalue weighted by molar-refractivity contribution is 5.43. The van der Waals surface area contributed by atoms with Gasteiger partial charge in [0, 0.05) is 0 Å². The van der Waals surface area contributed by atoms with Crippen LogP contribution in [0.4, 0.5) is 11.9 Å². The van der Waals surface area contributed by atoms with E-state index >= 15 is 0 Å². The number of ether oxygens (including phenoxy) is 1. The van der Waals surface area contributed by atoms with E-state index in [1.54, 1.807) is 0 Å². The lowest BCUT2D eigenvalue weighted by atomic mass is 9.91. The number of nitrogens with zero attached hydrogens (tertiary/aromatic N) is 3. The largest absolute Gasteiger partial charge is 0.494 e. The zero-order valence-electron chi connectivity index (χ0n) is 15.0. The molecule has 2 aromatic carbocycles. The average Bonchev–Trinajstić information content (AvgIpc) is 3.02. The second-order valence-corrected chi connectivity index (χ2v) is 6.55. The van der Waals surface area contributed by atoms with Gasteiger partial charge < -0.3 is 15.8 Å². The summed E-state index contributed by atoms with van der Waals surface area (Å²) in [5.41, 5.74) is 9.56. The Labute approximate surface area is 153 Å². The lowest BCUT2D eigenvalue weighted by molar-refractivity contribution is 0.340. The maximum Gasteiger partial charge on any atom is 0.241 e. The molecule has 0 amide bonds. The van der Waals surface area contributed by atoms with Gasteiger partial charge in [-0.2, -0.15) is 4.98 Å². The van der Waals surface area contributed by atoms with Crippen molar-refractivity contribution in [2.45, 2.75) is 32.4 Å². The van der Waals surface area contributed by atoms with Crippen molar-refractivity contribution in [3.8, 4) is 5.75 Å². The molecule has 0 bridgehead atoms. The lowest BCUT2D eigenvalue weighted by Crippen LogP contribution is -2.28. The van der Waals surface area contributed by atoms with Crippen LogP contribution >= 0.6 is 0 Å². The quantitative estimate of drug-likeness (QED) is 0.751. The molecule has 2 heterocycles. The first-order chi connectivity index (χ1) is 12.7. The Morgan fingerprint density at radius 3 is 2.69 bits per heavy atom. The van der Waals surface area contributed by atoms with Gasteiger partial charge in [-0.3, -0.25) is 0 Å². The molecule has 4 rings (SSSR count). The number of aryl methyl sites for hydroxylation is 1. The number of nitrogens with two attached hydrogens (primary N) is 1. The van der Waals surface area contributed by atoms with Gasteiger partial charge in [-0.15, -0.1) is 5.10 Å². The van der Waals surface area contributed by atoms with Crippen molar-refractivity contribution in [1.82, 2.24) is 14.8 Å². The van der Waals surface area contributed by atoms with Gasteiger partial charge in [-0.25, -0.2) is 4.68 Å². The van der Waals surface area contributed by atoms with Crippen LogP contribution in [0.15, 0.2) is 48.5 Å². The molecule has 0 saturated heterocycles. The summed E-state index contributed by atoms with van der Waals surface area (Å²) in [4.78, 5) is 4.37. The van der Waals surface area contributed by atoms with Crippen LogP contribution in [0.1, 0.15) is 42.1 Å². The van der Waals surface area contributed by atoms with Gasteiger partial charge in [0.05, 0.1) is 18.7 Å². The van der Waals surface area contributed by atoms with Crippen LogP contribution in [-0.2, 0) is 0 Å². The van der Waals surface area contributed by atoms with Crippen LogP contribution in [0.3, 0.4) is 0 Å². The van der Waals surface area contributed by atoms with Gasteiger partial charge >= 0.3 is 0 Å². The van der Waals surface area contributed by atoms with Crippen LogP contribution in [0.5, 0.6) is 5.75 Å².